The van der Waals surface area contributed by atoms with Crippen LogP contribution in [-0.4, -0.2) is 5.91 Å². The van der Waals surface area contributed by atoms with Gasteiger partial charge in [0.25, 0.3) is 0 Å². The number of carbonyl (C=O) groups excluding carboxylic acids is 1. The first-order valence-electron chi connectivity index (χ1n) is 6.44. The number of nitrogens with one attached hydrogen (secondary N) is 1. The van der Waals surface area contributed by atoms with E-state index in [2.05, 4.69) is 35.1 Å². The number of nitrogen functional groups attached to an aromatic ring is 1. The SMILES string of the molecule is CCCC(CCC)C(=O)Nc1cc(N)ccc1Br. The van der Waals surface area contributed by atoms with Gasteiger partial charge in [0.2, 0.25) is 5.91 Å². The third kappa shape index (κ3) is 4.33. The zero-order valence-corrected chi connectivity index (χ0v) is 12.6. The second-order valence-electron chi connectivity index (χ2n) is 4.50. The normalized spacial score (nSPS) is 10.7. The summed E-state index contributed by atoms with van der Waals surface area (Å²) in [6, 6.07) is 5.42. The number of benzene rings is 1. The molecule has 0 aromatic heterocycles. The lowest BCUT2D eigenvalue weighted by atomic mass is 9.97. The highest BCUT2D eigenvalue weighted by Gasteiger charge is 2.17. The molecule has 0 heterocycles. The van der Waals surface area contributed by atoms with Crippen LogP contribution in [-0.2, 0) is 4.79 Å². The van der Waals surface area contributed by atoms with E-state index in [0.29, 0.717) is 5.69 Å². The lowest BCUT2D eigenvalue weighted by Gasteiger charge is -2.16. The van der Waals surface area contributed by atoms with Crippen LogP contribution in [0.2, 0.25) is 0 Å². The predicted octanol–water partition coefficient (Wildman–Crippen LogP) is 4.19. The minimum absolute atomic E-state index is 0.0880. The van der Waals surface area contributed by atoms with E-state index in [4.69, 9.17) is 5.73 Å². The first-order chi connectivity index (χ1) is 8.58. The van der Waals surface area contributed by atoms with Gasteiger partial charge in [0.1, 0.15) is 0 Å². The van der Waals surface area contributed by atoms with Gasteiger partial charge in [0.15, 0.2) is 0 Å². The molecular weight excluding hydrogens is 292 g/mol. The Labute approximate surface area is 117 Å². The van der Waals surface area contributed by atoms with Gasteiger partial charge in [-0.1, -0.05) is 26.7 Å². The molecule has 0 radical (unpaired) electrons. The number of rotatable bonds is 6. The molecule has 1 rings (SSSR count). The molecule has 0 unspecified atom stereocenters. The van der Waals surface area contributed by atoms with Crippen molar-refractivity contribution in [3.63, 3.8) is 0 Å². The number of amides is 1. The first kappa shape index (κ1) is 15.0. The molecule has 0 bridgehead atoms. The summed E-state index contributed by atoms with van der Waals surface area (Å²) in [6.45, 7) is 4.21. The third-order valence-electron chi connectivity index (χ3n) is 2.89. The number of anilines is 2. The van der Waals surface area contributed by atoms with E-state index in [9.17, 15) is 4.79 Å². The Balaban J connectivity index is 2.75. The number of hydrogen-bond donors (Lipinski definition) is 2. The molecule has 0 saturated heterocycles. The van der Waals surface area contributed by atoms with Gasteiger partial charge in [0.05, 0.1) is 5.69 Å². The Morgan fingerprint density at radius 3 is 2.50 bits per heavy atom. The van der Waals surface area contributed by atoms with E-state index in [1.807, 2.05) is 6.07 Å². The highest BCUT2D eigenvalue weighted by molar-refractivity contribution is 9.10. The van der Waals surface area contributed by atoms with Crippen LogP contribution in [0, 0.1) is 5.92 Å². The van der Waals surface area contributed by atoms with Crippen molar-refractivity contribution in [1.82, 2.24) is 0 Å². The lowest BCUT2D eigenvalue weighted by molar-refractivity contribution is -0.120. The van der Waals surface area contributed by atoms with Crippen molar-refractivity contribution >= 4 is 33.2 Å². The van der Waals surface area contributed by atoms with Crippen molar-refractivity contribution in [3.05, 3.63) is 22.7 Å². The van der Waals surface area contributed by atoms with Crippen LogP contribution in [0.15, 0.2) is 22.7 Å². The van der Waals surface area contributed by atoms with Crippen LogP contribution in [0.5, 0.6) is 0 Å². The molecule has 0 aliphatic carbocycles. The summed E-state index contributed by atoms with van der Waals surface area (Å²) in [7, 11) is 0. The fourth-order valence-corrected chi connectivity index (χ4v) is 2.32. The number of nitrogens with two attached hydrogens (primary N) is 1. The van der Waals surface area contributed by atoms with Gasteiger partial charge >= 0.3 is 0 Å². The van der Waals surface area contributed by atoms with E-state index in [-0.39, 0.29) is 11.8 Å². The molecule has 18 heavy (non-hydrogen) atoms. The van der Waals surface area contributed by atoms with Crippen LogP contribution in [0.1, 0.15) is 39.5 Å². The summed E-state index contributed by atoms with van der Waals surface area (Å²) >= 11 is 3.42. The summed E-state index contributed by atoms with van der Waals surface area (Å²) in [5.41, 5.74) is 7.12. The van der Waals surface area contributed by atoms with Gasteiger partial charge in [0, 0.05) is 16.1 Å². The molecular formula is C14H21BrN2O. The van der Waals surface area contributed by atoms with Crippen molar-refractivity contribution in [2.45, 2.75) is 39.5 Å². The fourth-order valence-electron chi connectivity index (χ4n) is 1.98. The van der Waals surface area contributed by atoms with Gasteiger partial charge in [-0.3, -0.25) is 4.79 Å². The molecule has 0 saturated carbocycles. The van der Waals surface area contributed by atoms with Crippen LogP contribution in [0.3, 0.4) is 0 Å². The molecule has 1 aromatic carbocycles. The van der Waals surface area contributed by atoms with Gasteiger partial charge in [-0.25, -0.2) is 0 Å². The fraction of sp³-hybridized carbons (Fsp3) is 0.500. The molecule has 4 heteroatoms. The van der Waals surface area contributed by atoms with E-state index < -0.39 is 0 Å². The highest BCUT2D eigenvalue weighted by atomic mass is 79.9. The van der Waals surface area contributed by atoms with Crippen molar-refractivity contribution in [3.8, 4) is 0 Å². The predicted molar refractivity (Wildman–Crippen MR) is 80.5 cm³/mol. The van der Waals surface area contributed by atoms with Gasteiger partial charge in [-0.15, -0.1) is 0 Å². The minimum Gasteiger partial charge on any atom is -0.399 e. The summed E-state index contributed by atoms with van der Waals surface area (Å²) in [4.78, 5) is 12.2. The molecule has 1 aromatic rings. The standard InChI is InChI=1S/C14H21BrN2O/c1-3-5-10(6-4-2)14(18)17-13-9-11(16)7-8-12(13)15/h7-10H,3-6,16H2,1-2H3,(H,17,18). The average molecular weight is 313 g/mol. The zero-order chi connectivity index (χ0) is 13.5. The number of hydrogen-bond acceptors (Lipinski definition) is 2. The maximum atomic E-state index is 12.2. The molecule has 1 amide bonds. The van der Waals surface area contributed by atoms with Crippen molar-refractivity contribution in [1.29, 1.82) is 0 Å². The molecule has 100 valence electrons. The van der Waals surface area contributed by atoms with E-state index >= 15 is 0 Å². The monoisotopic (exact) mass is 312 g/mol. The molecule has 0 atom stereocenters. The maximum Gasteiger partial charge on any atom is 0.227 e. The van der Waals surface area contributed by atoms with E-state index in [1.54, 1.807) is 12.1 Å². The van der Waals surface area contributed by atoms with E-state index in [1.165, 1.54) is 0 Å². The molecule has 0 aliphatic rings. The molecule has 0 fully saturated rings. The van der Waals surface area contributed by atoms with Gasteiger partial charge < -0.3 is 11.1 Å². The maximum absolute atomic E-state index is 12.2. The van der Waals surface area contributed by atoms with Crippen LogP contribution in [0.4, 0.5) is 11.4 Å². The Morgan fingerprint density at radius 1 is 1.33 bits per heavy atom. The van der Waals surface area contributed by atoms with Crippen LogP contribution < -0.4 is 11.1 Å². The number of carbonyl (C=O) groups is 1. The smallest absolute Gasteiger partial charge is 0.227 e. The van der Waals surface area contributed by atoms with Gasteiger partial charge in [-0.2, -0.15) is 0 Å². The Bertz CT molecular complexity index is 401. The van der Waals surface area contributed by atoms with Crippen molar-refractivity contribution in [2.75, 3.05) is 11.1 Å². The van der Waals surface area contributed by atoms with Crippen molar-refractivity contribution < 1.29 is 4.79 Å². The molecule has 0 aliphatic heterocycles. The zero-order valence-electron chi connectivity index (χ0n) is 11.0. The van der Waals surface area contributed by atoms with Crippen molar-refractivity contribution in [2.24, 2.45) is 5.92 Å². The third-order valence-corrected chi connectivity index (χ3v) is 3.58. The van der Waals surface area contributed by atoms with Crippen LogP contribution >= 0.6 is 15.9 Å². The lowest BCUT2D eigenvalue weighted by Crippen LogP contribution is -2.23. The minimum atomic E-state index is 0.0880. The second kappa shape index (κ2) is 7.41. The summed E-state index contributed by atoms with van der Waals surface area (Å²) in [5.74, 6) is 0.179. The Hall–Kier alpha value is -1.03. The van der Waals surface area contributed by atoms with E-state index in [0.717, 1.165) is 35.8 Å². The number of halogens is 1. The summed E-state index contributed by atoms with van der Waals surface area (Å²) in [6.07, 6.45) is 3.91. The summed E-state index contributed by atoms with van der Waals surface area (Å²) < 4.78 is 0.858. The Kier molecular flexibility index (Phi) is 6.19. The highest BCUT2D eigenvalue weighted by Crippen LogP contribution is 2.26. The first-order valence-corrected chi connectivity index (χ1v) is 7.23. The quantitative estimate of drug-likeness (QED) is 0.774. The molecule has 3 N–H and O–H groups in total. The van der Waals surface area contributed by atoms with Gasteiger partial charge in [-0.05, 0) is 47.0 Å². The second-order valence-corrected chi connectivity index (χ2v) is 5.36. The topological polar surface area (TPSA) is 55.1 Å². The summed E-state index contributed by atoms with van der Waals surface area (Å²) in [5, 5.41) is 2.95. The average Bonchev–Trinajstić information content (AvgIpc) is 2.33. The molecule has 3 nitrogen and oxygen atoms in total. The molecule has 0 spiro atoms. The van der Waals surface area contributed by atoms with Crippen LogP contribution in [0.25, 0.3) is 0 Å². The largest absolute Gasteiger partial charge is 0.399 e. The Morgan fingerprint density at radius 2 is 1.94 bits per heavy atom.